The highest BCUT2D eigenvalue weighted by Gasteiger charge is 2.21. The summed E-state index contributed by atoms with van der Waals surface area (Å²) >= 11 is 0. The Morgan fingerprint density at radius 2 is 2.18 bits per heavy atom. The molecular formula is C8H10NO7P. The van der Waals surface area contributed by atoms with Gasteiger partial charge in [-0.05, 0) is 0 Å². The Hall–Kier alpha value is -1.47. The molecular weight excluding hydrogens is 253 g/mol. The Morgan fingerprint density at radius 3 is 2.65 bits per heavy atom. The normalized spacial score (nSPS) is 11.5. The van der Waals surface area contributed by atoms with E-state index in [1.165, 1.54) is 6.92 Å². The number of nitrogens with zero attached hydrogens (tertiary/aromatic N) is 1. The van der Waals surface area contributed by atoms with Crippen molar-refractivity contribution in [2.24, 2.45) is 0 Å². The Balaban J connectivity index is 3.15. The highest BCUT2D eigenvalue weighted by atomic mass is 31.2. The van der Waals surface area contributed by atoms with Crippen LogP contribution in [0.1, 0.15) is 21.6 Å². The lowest BCUT2D eigenvalue weighted by molar-refractivity contribution is -0.613. The fourth-order valence-electron chi connectivity index (χ4n) is 1.16. The van der Waals surface area contributed by atoms with Crippen molar-refractivity contribution in [1.82, 2.24) is 0 Å². The van der Waals surface area contributed by atoms with Gasteiger partial charge >= 0.3 is 7.82 Å². The van der Waals surface area contributed by atoms with Crippen LogP contribution in [0.3, 0.4) is 0 Å². The highest BCUT2D eigenvalue weighted by Crippen LogP contribution is 2.37. The minimum Gasteiger partial charge on any atom is -0.618 e. The summed E-state index contributed by atoms with van der Waals surface area (Å²) in [4.78, 5) is 27.7. The molecule has 0 aromatic carbocycles. The van der Waals surface area contributed by atoms with Crippen LogP contribution < -0.4 is 4.73 Å². The van der Waals surface area contributed by atoms with Gasteiger partial charge in [0.1, 0.15) is 0 Å². The minimum atomic E-state index is -4.71. The molecule has 1 aromatic heterocycles. The van der Waals surface area contributed by atoms with E-state index in [-0.39, 0.29) is 27.8 Å². The van der Waals surface area contributed by atoms with E-state index in [0.29, 0.717) is 0 Å². The van der Waals surface area contributed by atoms with E-state index >= 15 is 0 Å². The van der Waals surface area contributed by atoms with E-state index in [0.717, 1.165) is 6.20 Å². The Morgan fingerprint density at radius 1 is 1.59 bits per heavy atom. The molecule has 0 saturated carbocycles. The van der Waals surface area contributed by atoms with E-state index < -0.39 is 20.2 Å². The maximum atomic E-state index is 11.2. The number of aromatic nitrogens is 1. The maximum Gasteiger partial charge on any atom is 0.469 e. The summed E-state index contributed by atoms with van der Waals surface area (Å²) in [5, 5.41) is 20.7. The predicted molar refractivity (Wildman–Crippen MR) is 54.0 cm³/mol. The topological polar surface area (TPSA) is 131 Å². The first kappa shape index (κ1) is 13.6. The first-order chi connectivity index (χ1) is 7.76. The molecule has 0 atom stereocenters. The van der Waals surface area contributed by atoms with Crippen molar-refractivity contribution in [3.8, 4) is 5.75 Å². The molecule has 0 fully saturated rings. The number of hydrogen-bond acceptors (Lipinski definition) is 5. The summed E-state index contributed by atoms with van der Waals surface area (Å²) in [5.74, 6) is -0.540. The molecule has 1 heterocycles. The van der Waals surface area contributed by atoms with Gasteiger partial charge in [-0.15, -0.1) is 0 Å². The summed E-state index contributed by atoms with van der Waals surface area (Å²) in [5.41, 5.74) is -0.434. The molecule has 0 saturated heterocycles. The van der Waals surface area contributed by atoms with Gasteiger partial charge in [-0.3, -0.25) is 9.32 Å². The molecule has 0 radical (unpaired) electrons. The number of aromatic hydroxyl groups is 1. The van der Waals surface area contributed by atoms with Crippen LogP contribution in [-0.4, -0.2) is 21.2 Å². The van der Waals surface area contributed by atoms with Crippen molar-refractivity contribution >= 4 is 14.1 Å². The van der Waals surface area contributed by atoms with E-state index in [1.807, 2.05) is 0 Å². The standard InChI is InChI=1S/C8H10NO7P/c1-5-8(11)7(3-10)6(2-9(5)12)4-16-17(13,14)15/h2-3,11H,4H2,1H3,(H2,13,14,15). The fraction of sp³-hybridized carbons (Fsp3) is 0.250. The van der Waals surface area contributed by atoms with Crippen molar-refractivity contribution in [3.05, 3.63) is 28.2 Å². The molecule has 1 rings (SSSR count). The van der Waals surface area contributed by atoms with Gasteiger partial charge in [-0.1, -0.05) is 0 Å². The number of pyridine rings is 1. The van der Waals surface area contributed by atoms with Crippen molar-refractivity contribution in [2.75, 3.05) is 0 Å². The second-order valence-electron chi connectivity index (χ2n) is 3.21. The van der Waals surface area contributed by atoms with Gasteiger partial charge in [-0.2, -0.15) is 4.73 Å². The van der Waals surface area contributed by atoms with Crippen LogP contribution in [0, 0.1) is 12.1 Å². The zero-order valence-electron chi connectivity index (χ0n) is 8.73. The molecule has 94 valence electrons. The van der Waals surface area contributed by atoms with E-state index in [1.54, 1.807) is 0 Å². The second kappa shape index (κ2) is 4.80. The molecule has 0 aliphatic carbocycles. The monoisotopic (exact) mass is 263 g/mol. The predicted octanol–water partition coefficient (Wildman–Crippen LogP) is -0.244. The van der Waals surface area contributed by atoms with Crippen molar-refractivity contribution in [3.63, 3.8) is 0 Å². The third kappa shape index (κ3) is 3.24. The summed E-state index contributed by atoms with van der Waals surface area (Å²) in [7, 11) is -4.71. The van der Waals surface area contributed by atoms with Crippen LogP contribution in [-0.2, 0) is 15.7 Å². The Bertz CT molecular complexity index is 495. The summed E-state index contributed by atoms with van der Waals surface area (Å²) in [6.45, 7) is 0.636. The zero-order valence-corrected chi connectivity index (χ0v) is 9.63. The van der Waals surface area contributed by atoms with Gasteiger partial charge in [0.2, 0.25) is 5.69 Å². The van der Waals surface area contributed by atoms with Crippen LogP contribution in [0.4, 0.5) is 0 Å². The summed E-state index contributed by atoms with van der Waals surface area (Å²) < 4.78 is 14.9. The molecule has 9 heteroatoms. The lowest BCUT2D eigenvalue weighted by Crippen LogP contribution is -2.31. The number of phosphoric ester groups is 1. The van der Waals surface area contributed by atoms with Crippen molar-refractivity contribution in [2.45, 2.75) is 13.5 Å². The van der Waals surface area contributed by atoms with Crippen LogP contribution in [0.15, 0.2) is 6.20 Å². The summed E-state index contributed by atoms with van der Waals surface area (Å²) in [6, 6.07) is 0. The molecule has 17 heavy (non-hydrogen) atoms. The van der Waals surface area contributed by atoms with Gasteiger partial charge < -0.3 is 20.1 Å². The van der Waals surface area contributed by atoms with E-state index in [9.17, 15) is 19.7 Å². The number of rotatable bonds is 4. The van der Waals surface area contributed by atoms with Gasteiger partial charge in [0.25, 0.3) is 0 Å². The van der Waals surface area contributed by atoms with Crippen LogP contribution in [0.2, 0.25) is 0 Å². The average molecular weight is 263 g/mol. The van der Waals surface area contributed by atoms with Crippen molar-refractivity contribution < 1.29 is 33.5 Å². The lowest BCUT2D eigenvalue weighted by atomic mass is 10.1. The Labute approximate surface area is 95.9 Å². The molecule has 0 bridgehead atoms. The van der Waals surface area contributed by atoms with Gasteiger partial charge in [-0.25, -0.2) is 4.57 Å². The van der Waals surface area contributed by atoms with Crippen molar-refractivity contribution in [1.29, 1.82) is 0 Å². The first-order valence-electron chi connectivity index (χ1n) is 4.36. The maximum absolute atomic E-state index is 11.2. The third-order valence-electron chi connectivity index (χ3n) is 2.05. The number of carbonyl (C=O) groups excluding carboxylic acids is 1. The molecule has 8 nitrogen and oxygen atoms in total. The highest BCUT2D eigenvalue weighted by molar-refractivity contribution is 7.46. The molecule has 0 spiro atoms. The summed E-state index contributed by atoms with van der Waals surface area (Å²) in [6.07, 6.45) is 1.19. The first-order valence-corrected chi connectivity index (χ1v) is 5.89. The smallest absolute Gasteiger partial charge is 0.469 e. The molecule has 3 N–H and O–H groups in total. The second-order valence-corrected chi connectivity index (χ2v) is 4.45. The molecule has 0 aliphatic heterocycles. The SMILES string of the molecule is Cc1c(O)c(C=O)c(COP(=O)(O)O)c[n+]1[O-]. The quantitative estimate of drug-likeness (QED) is 0.295. The largest absolute Gasteiger partial charge is 0.618 e. The number of phosphoric acid groups is 1. The molecule has 0 unspecified atom stereocenters. The van der Waals surface area contributed by atoms with E-state index in [4.69, 9.17) is 9.79 Å². The number of aldehydes is 1. The fourth-order valence-corrected chi connectivity index (χ4v) is 1.47. The minimum absolute atomic E-state index is 0.0907. The molecule has 0 aliphatic rings. The number of carbonyl (C=O) groups is 1. The van der Waals surface area contributed by atoms with E-state index in [2.05, 4.69) is 4.52 Å². The van der Waals surface area contributed by atoms with Gasteiger partial charge in [0.05, 0.1) is 17.7 Å². The molecule has 0 amide bonds. The third-order valence-corrected chi connectivity index (χ3v) is 2.52. The average Bonchev–Trinajstić information content (AvgIpc) is 2.22. The van der Waals surface area contributed by atoms with Gasteiger partial charge in [0, 0.05) is 6.92 Å². The number of hydrogen-bond donors (Lipinski definition) is 3. The molecule has 1 aromatic rings. The zero-order chi connectivity index (χ0) is 13.2. The van der Waals surface area contributed by atoms with Crippen LogP contribution in [0.25, 0.3) is 0 Å². The van der Waals surface area contributed by atoms with Gasteiger partial charge in [0.15, 0.2) is 18.2 Å². The Kier molecular flexibility index (Phi) is 3.84. The van der Waals surface area contributed by atoms with Crippen LogP contribution in [0.5, 0.6) is 5.75 Å². The lowest BCUT2D eigenvalue weighted by Gasteiger charge is -2.10. The van der Waals surface area contributed by atoms with Crippen LogP contribution >= 0.6 is 7.82 Å².